The third kappa shape index (κ3) is 6.36. The average Bonchev–Trinajstić information content (AvgIpc) is 2.59. The minimum atomic E-state index is 0.0250. The lowest BCUT2D eigenvalue weighted by Gasteiger charge is -2.16. The molecule has 1 atom stereocenters. The number of aryl methyl sites for hydroxylation is 2. The van der Waals surface area contributed by atoms with Gasteiger partial charge < -0.3 is 9.47 Å². The Labute approximate surface area is 165 Å². The van der Waals surface area contributed by atoms with Crippen molar-refractivity contribution in [1.29, 1.82) is 0 Å². The van der Waals surface area contributed by atoms with Crippen molar-refractivity contribution in [2.24, 2.45) is 11.8 Å². The summed E-state index contributed by atoms with van der Waals surface area (Å²) in [7, 11) is 0.0250. The van der Waals surface area contributed by atoms with Crippen LogP contribution in [0.1, 0.15) is 49.2 Å². The number of hydrogen-bond donors (Lipinski definition) is 0. The summed E-state index contributed by atoms with van der Waals surface area (Å²) in [5, 5.41) is 0.931. The van der Waals surface area contributed by atoms with E-state index < -0.39 is 0 Å². The molecule has 27 heavy (non-hydrogen) atoms. The summed E-state index contributed by atoms with van der Waals surface area (Å²) in [6.07, 6.45) is 0. The van der Waals surface area contributed by atoms with Gasteiger partial charge in [-0.15, -0.1) is 0 Å². The maximum absolute atomic E-state index is 13.0. The molecule has 0 radical (unpaired) electrons. The molecule has 0 saturated carbocycles. The van der Waals surface area contributed by atoms with E-state index in [1.807, 2.05) is 50.2 Å². The van der Waals surface area contributed by atoms with Gasteiger partial charge in [0.15, 0.2) is 5.52 Å². The molecular formula is C23H31O3P. The largest absolute Gasteiger partial charge is 0.493 e. The molecule has 2 aromatic carbocycles. The van der Waals surface area contributed by atoms with Crippen molar-refractivity contribution >= 4 is 19.4 Å². The van der Waals surface area contributed by atoms with Crippen LogP contribution in [0.25, 0.3) is 0 Å². The van der Waals surface area contributed by atoms with E-state index in [0.29, 0.717) is 25.0 Å². The van der Waals surface area contributed by atoms with Crippen molar-refractivity contribution in [3.63, 3.8) is 0 Å². The molecule has 0 spiro atoms. The Morgan fingerprint density at radius 2 is 1.52 bits per heavy atom. The Morgan fingerprint density at radius 1 is 0.926 bits per heavy atom. The Bertz CT molecular complexity index is 761. The minimum Gasteiger partial charge on any atom is -0.493 e. The molecule has 0 saturated heterocycles. The number of carbonyl (C=O) groups is 1. The summed E-state index contributed by atoms with van der Waals surface area (Å²) in [4.78, 5) is 13.0. The van der Waals surface area contributed by atoms with Crippen molar-refractivity contribution in [1.82, 2.24) is 0 Å². The fraction of sp³-hybridized carbons (Fsp3) is 0.435. The quantitative estimate of drug-likeness (QED) is 0.533. The van der Waals surface area contributed by atoms with E-state index in [9.17, 15) is 4.79 Å². The van der Waals surface area contributed by atoms with E-state index in [1.165, 1.54) is 0 Å². The van der Waals surface area contributed by atoms with Crippen molar-refractivity contribution < 1.29 is 14.3 Å². The number of benzene rings is 2. The normalized spacial score (nSPS) is 11.6. The zero-order chi connectivity index (χ0) is 20.0. The third-order valence-corrected chi connectivity index (χ3v) is 5.22. The topological polar surface area (TPSA) is 35.5 Å². The fourth-order valence-electron chi connectivity index (χ4n) is 2.69. The summed E-state index contributed by atoms with van der Waals surface area (Å²) in [5.74, 6) is 2.41. The summed E-state index contributed by atoms with van der Waals surface area (Å²) in [6.45, 7) is 13.7. The second kappa shape index (κ2) is 9.90. The highest BCUT2D eigenvalue weighted by atomic mass is 31.1. The predicted octanol–water partition coefficient (Wildman–Crippen LogP) is 5.52. The predicted molar refractivity (Wildman–Crippen MR) is 115 cm³/mol. The van der Waals surface area contributed by atoms with Crippen LogP contribution < -0.4 is 14.8 Å². The van der Waals surface area contributed by atoms with Crippen LogP contribution in [0, 0.1) is 25.7 Å². The summed E-state index contributed by atoms with van der Waals surface area (Å²) in [6, 6.07) is 11.8. The standard InChI is InChI=1S/C23H31O3P/c1-15(2)13-25-19-10-11-21(20(12-19)26-14-16(3)4)27-23(24)22-17(5)8-7-9-18(22)6/h7-12,15-16,27H,13-14H2,1-6H3. The molecular weight excluding hydrogens is 355 g/mol. The van der Waals surface area contributed by atoms with Crippen LogP contribution in [0.4, 0.5) is 0 Å². The monoisotopic (exact) mass is 386 g/mol. The number of ether oxygens (including phenoxy) is 2. The van der Waals surface area contributed by atoms with Crippen LogP contribution in [0.5, 0.6) is 11.5 Å². The first-order valence-electron chi connectivity index (χ1n) is 9.55. The van der Waals surface area contributed by atoms with Crippen molar-refractivity contribution in [3.8, 4) is 11.5 Å². The molecule has 0 fully saturated rings. The van der Waals surface area contributed by atoms with Crippen LogP contribution in [-0.4, -0.2) is 18.7 Å². The molecule has 0 amide bonds. The van der Waals surface area contributed by atoms with Gasteiger partial charge in [-0.3, -0.25) is 4.79 Å². The van der Waals surface area contributed by atoms with Gasteiger partial charge in [-0.05, 0) is 57.5 Å². The first-order valence-corrected chi connectivity index (χ1v) is 10.5. The van der Waals surface area contributed by atoms with Crippen LogP contribution in [0.15, 0.2) is 36.4 Å². The minimum absolute atomic E-state index is 0.0250. The van der Waals surface area contributed by atoms with Crippen LogP contribution in [-0.2, 0) is 0 Å². The highest BCUT2D eigenvalue weighted by Crippen LogP contribution is 2.30. The zero-order valence-corrected chi connectivity index (χ0v) is 18.3. The molecule has 2 aromatic rings. The van der Waals surface area contributed by atoms with Crippen molar-refractivity contribution in [3.05, 3.63) is 53.1 Å². The molecule has 0 aliphatic carbocycles. The molecule has 0 aliphatic rings. The highest BCUT2D eigenvalue weighted by Gasteiger charge is 2.16. The molecule has 146 valence electrons. The number of carbonyl (C=O) groups excluding carboxylic acids is 1. The SMILES string of the molecule is Cc1cccc(C)c1C(=O)Pc1ccc(OCC(C)C)cc1OCC(C)C. The molecule has 2 rings (SSSR count). The first-order chi connectivity index (χ1) is 12.8. The molecule has 0 aliphatic heterocycles. The molecule has 0 heterocycles. The smallest absolute Gasteiger partial charge is 0.186 e. The maximum Gasteiger partial charge on any atom is 0.186 e. The van der Waals surface area contributed by atoms with E-state index in [4.69, 9.17) is 9.47 Å². The third-order valence-electron chi connectivity index (χ3n) is 4.06. The van der Waals surface area contributed by atoms with Gasteiger partial charge >= 0.3 is 0 Å². The lowest BCUT2D eigenvalue weighted by Crippen LogP contribution is -2.13. The molecule has 0 bridgehead atoms. The number of rotatable bonds is 9. The molecule has 4 heteroatoms. The summed E-state index contributed by atoms with van der Waals surface area (Å²) >= 11 is 0. The Balaban J connectivity index is 2.26. The van der Waals surface area contributed by atoms with Crippen LogP contribution >= 0.6 is 8.58 Å². The van der Waals surface area contributed by atoms with Crippen molar-refractivity contribution in [2.45, 2.75) is 41.5 Å². The lowest BCUT2D eigenvalue weighted by molar-refractivity contribution is 0.108. The van der Waals surface area contributed by atoms with Gasteiger partial charge in [0.05, 0.1) is 13.2 Å². The Morgan fingerprint density at radius 3 is 2.11 bits per heavy atom. The number of hydrogen-bond acceptors (Lipinski definition) is 3. The van der Waals surface area contributed by atoms with E-state index in [0.717, 1.165) is 33.5 Å². The molecule has 0 aromatic heterocycles. The average molecular weight is 386 g/mol. The fourth-order valence-corrected chi connectivity index (χ4v) is 3.89. The van der Waals surface area contributed by atoms with E-state index in [-0.39, 0.29) is 14.1 Å². The van der Waals surface area contributed by atoms with Crippen molar-refractivity contribution in [2.75, 3.05) is 13.2 Å². The molecule has 3 nitrogen and oxygen atoms in total. The highest BCUT2D eigenvalue weighted by molar-refractivity contribution is 7.66. The van der Waals surface area contributed by atoms with Gasteiger partial charge in [0.2, 0.25) is 0 Å². The Hall–Kier alpha value is -1.86. The summed E-state index contributed by atoms with van der Waals surface area (Å²) in [5.41, 5.74) is 3.02. The van der Waals surface area contributed by atoms with Crippen LogP contribution in [0.2, 0.25) is 0 Å². The lowest BCUT2D eigenvalue weighted by atomic mass is 10.0. The van der Waals surface area contributed by atoms with Crippen LogP contribution in [0.3, 0.4) is 0 Å². The van der Waals surface area contributed by atoms with E-state index in [2.05, 4.69) is 27.7 Å². The second-order valence-corrected chi connectivity index (χ2v) is 9.03. The van der Waals surface area contributed by atoms with E-state index >= 15 is 0 Å². The van der Waals surface area contributed by atoms with Gasteiger partial charge in [-0.25, -0.2) is 0 Å². The van der Waals surface area contributed by atoms with Gasteiger partial charge in [0.1, 0.15) is 11.5 Å². The zero-order valence-electron chi connectivity index (χ0n) is 17.3. The van der Waals surface area contributed by atoms with Gasteiger partial charge in [0, 0.05) is 16.9 Å². The van der Waals surface area contributed by atoms with Gasteiger partial charge in [-0.1, -0.05) is 45.9 Å². The Kier molecular flexibility index (Phi) is 7.86. The summed E-state index contributed by atoms with van der Waals surface area (Å²) < 4.78 is 11.9. The molecule has 1 unspecified atom stereocenters. The van der Waals surface area contributed by atoms with Gasteiger partial charge in [0.25, 0.3) is 0 Å². The first kappa shape index (κ1) is 21.4. The van der Waals surface area contributed by atoms with Gasteiger partial charge in [-0.2, -0.15) is 0 Å². The maximum atomic E-state index is 13.0. The second-order valence-electron chi connectivity index (χ2n) is 7.79. The molecule has 0 N–H and O–H groups in total. The van der Waals surface area contributed by atoms with E-state index in [1.54, 1.807) is 0 Å².